The van der Waals surface area contributed by atoms with Gasteiger partial charge in [-0.15, -0.1) is 11.8 Å². The van der Waals surface area contributed by atoms with Crippen LogP contribution in [-0.4, -0.2) is 32.0 Å². The normalized spacial score (nSPS) is 9.78. The van der Waals surface area contributed by atoms with Crippen LogP contribution < -0.4 is 5.48 Å². The number of ether oxygens (including phenoxy) is 1. The van der Waals surface area contributed by atoms with Gasteiger partial charge >= 0.3 is 0 Å². The lowest BCUT2D eigenvalue weighted by atomic mass is 10.2. The fourth-order valence-electron chi connectivity index (χ4n) is 1.19. The minimum Gasteiger partial charge on any atom is -0.382 e. The number of thioether (sulfide) groups is 1. The van der Waals surface area contributed by atoms with Gasteiger partial charge in [0.25, 0.3) is 5.91 Å². The fraction of sp³-hybridized carbons (Fsp3) is 0.333. The van der Waals surface area contributed by atoms with E-state index < -0.39 is 0 Å². The molecule has 0 aromatic heterocycles. The Morgan fingerprint density at radius 3 is 2.94 bits per heavy atom. The second kappa shape index (κ2) is 8.53. The second-order valence-corrected chi connectivity index (χ2v) is 4.23. The standard InChI is InChI=1S/C12H14N2O3S/c1-16-7-8-17-14-12(15)10-4-2-3-5-11(10)18-9-6-13/h2-5H,7-9H2,1H3,(H,14,15). The van der Waals surface area contributed by atoms with Crippen LogP contribution in [0.3, 0.4) is 0 Å². The number of hydrogen-bond acceptors (Lipinski definition) is 5. The van der Waals surface area contributed by atoms with Crippen LogP contribution in [0.25, 0.3) is 0 Å². The number of hydrogen-bond donors (Lipinski definition) is 1. The van der Waals surface area contributed by atoms with E-state index in [9.17, 15) is 4.79 Å². The van der Waals surface area contributed by atoms with Gasteiger partial charge in [0, 0.05) is 12.0 Å². The molecule has 96 valence electrons. The van der Waals surface area contributed by atoms with E-state index in [0.717, 1.165) is 4.90 Å². The van der Waals surface area contributed by atoms with E-state index in [1.165, 1.54) is 11.8 Å². The van der Waals surface area contributed by atoms with E-state index >= 15 is 0 Å². The summed E-state index contributed by atoms with van der Waals surface area (Å²) >= 11 is 1.32. The summed E-state index contributed by atoms with van der Waals surface area (Å²) < 4.78 is 4.79. The third-order valence-corrected chi connectivity index (χ3v) is 2.92. The van der Waals surface area contributed by atoms with Gasteiger partial charge in [0.15, 0.2) is 0 Å². The van der Waals surface area contributed by atoms with E-state index in [2.05, 4.69) is 5.48 Å². The molecule has 0 radical (unpaired) electrons. The van der Waals surface area contributed by atoms with Crippen LogP contribution in [-0.2, 0) is 9.57 Å². The number of nitrogens with zero attached hydrogens (tertiary/aromatic N) is 1. The van der Waals surface area contributed by atoms with Gasteiger partial charge in [-0.3, -0.25) is 9.63 Å². The Hall–Kier alpha value is -1.55. The van der Waals surface area contributed by atoms with Gasteiger partial charge in [0.1, 0.15) is 0 Å². The summed E-state index contributed by atoms with van der Waals surface area (Å²) in [7, 11) is 1.55. The maximum Gasteiger partial charge on any atom is 0.275 e. The Kier molecular flexibility index (Phi) is 6.87. The number of nitrogens with one attached hydrogen (secondary N) is 1. The third-order valence-electron chi connectivity index (χ3n) is 1.98. The van der Waals surface area contributed by atoms with Gasteiger partial charge in [-0.05, 0) is 12.1 Å². The Labute approximate surface area is 110 Å². The topological polar surface area (TPSA) is 71.3 Å². The number of benzene rings is 1. The minimum absolute atomic E-state index is 0.287. The summed E-state index contributed by atoms with van der Waals surface area (Å²) in [5.41, 5.74) is 2.83. The molecular formula is C12H14N2O3S. The van der Waals surface area contributed by atoms with Gasteiger partial charge in [-0.25, -0.2) is 5.48 Å². The highest BCUT2D eigenvalue weighted by Crippen LogP contribution is 2.21. The van der Waals surface area contributed by atoms with Crippen molar-refractivity contribution in [3.05, 3.63) is 29.8 Å². The molecule has 0 aliphatic heterocycles. The number of nitriles is 1. The molecule has 1 rings (SSSR count). The summed E-state index contributed by atoms with van der Waals surface area (Å²) in [5.74, 6) is -0.0263. The van der Waals surface area contributed by atoms with Crippen LogP contribution in [0.2, 0.25) is 0 Å². The highest BCUT2D eigenvalue weighted by molar-refractivity contribution is 7.99. The number of hydroxylamine groups is 1. The molecule has 0 aliphatic carbocycles. The van der Waals surface area contributed by atoms with Crippen LogP contribution >= 0.6 is 11.8 Å². The van der Waals surface area contributed by atoms with E-state index in [1.54, 1.807) is 25.3 Å². The number of methoxy groups -OCH3 is 1. The van der Waals surface area contributed by atoms with Crippen molar-refractivity contribution in [3.8, 4) is 6.07 Å². The van der Waals surface area contributed by atoms with Crippen molar-refractivity contribution in [1.29, 1.82) is 5.26 Å². The maximum absolute atomic E-state index is 11.8. The minimum atomic E-state index is -0.327. The van der Waals surface area contributed by atoms with Crippen molar-refractivity contribution in [2.75, 3.05) is 26.1 Å². The fourth-order valence-corrected chi connectivity index (χ4v) is 1.90. The van der Waals surface area contributed by atoms with Crippen molar-refractivity contribution < 1.29 is 14.4 Å². The predicted octanol–water partition coefficient (Wildman–Crippen LogP) is 1.61. The number of carbonyl (C=O) groups excluding carboxylic acids is 1. The van der Waals surface area contributed by atoms with Gasteiger partial charge in [-0.2, -0.15) is 5.26 Å². The first-order valence-corrected chi connectivity index (χ1v) is 6.28. The molecular weight excluding hydrogens is 252 g/mol. The molecule has 0 saturated carbocycles. The molecule has 0 atom stereocenters. The summed E-state index contributed by atoms with van der Waals surface area (Å²) in [4.78, 5) is 17.5. The highest BCUT2D eigenvalue weighted by Gasteiger charge is 2.10. The molecule has 5 nitrogen and oxygen atoms in total. The zero-order valence-electron chi connectivity index (χ0n) is 10.0. The van der Waals surface area contributed by atoms with Gasteiger partial charge < -0.3 is 4.74 Å². The Morgan fingerprint density at radius 1 is 1.44 bits per heavy atom. The quantitative estimate of drug-likeness (QED) is 0.461. The molecule has 1 aromatic rings. The summed E-state index contributed by atoms with van der Waals surface area (Å²) in [6, 6.07) is 9.10. The zero-order chi connectivity index (χ0) is 13.2. The third kappa shape index (κ3) is 4.75. The second-order valence-electron chi connectivity index (χ2n) is 3.22. The Balaban J connectivity index is 2.58. The number of rotatable bonds is 7. The number of amides is 1. The van der Waals surface area contributed by atoms with Gasteiger partial charge in [0.2, 0.25) is 0 Å². The zero-order valence-corrected chi connectivity index (χ0v) is 10.8. The Bertz CT molecular complexity index is 432. The van der Waals surface area contributed by atoms with Crippen molar-refractivity contribution in [3.63, 3.8) is 0 Å². The van der Waals surface area contributed by atoms with E-state index in [-0.39, 0.29) is 12.5 Å². The van der Waals surface area contributed by atoms with Crippen LogP contribution in [0.5, 0.6) is 0 Å². The van der Waals surface area contributed by atoms with Crippen LogP contribution in [0.1, 0.15) is 10.4 Å². The monoisotopic (exact) mass is 266 g/mol. The molecule has 6 heteroatoms. The first-order valence-electron chi connectivity index (χ1n) is 5.29. The van der Waals surface area contributed by atoms with Gasteiger partial charge in [-0.1, -0.05) is 12.1 Å². The maximum atomic E-state index is 11.8. The van der Waals surface area contributed by atoms with Crippen LogP contribution in [0.15, 0.2) is 29.2 Å². The van der Waals surface area contributed by atoms with E-state index in [0.29, 0.717) is 17.9 Å². The van der Waals surface area contributed by atoms with E-state index in [4.69, 9.17) is 14.8 Å². The first-order chi connectivity index (χ1) is 8.79. The molecule has 1 N–H and O–H groups in total. The number of carbonyl (C=O) groups is 1. The molecule has 0 heterocycles. The molecule has 1 amide bonds. The predicted molar refractivity (Wildman–Crippen MR) is 68.1 cm³/mol. The van der Waals surface area contributed by atoms with Crippen LogP contribution in [0, 0.1) is 11.3 Å². The average molecular weight is 266 g/mol. The lowest BCUT2D eigenvalue weighted by molar-refractivity contribution is 0.00870. The van der Waals surface area contributed by atoms with Gasteiger partial charge in [0.05, 0.1) is 30.6 Å². The lowest BCUT2D eigenvalue weighted by Crippen LogP contribution is -2.25. The van der Waals surface area contributed by atoms with Crippen molar-refractivity contribution in [2.24, 2.45) is 0 Å². The molecule has 1 aromatic carbocycles. The summed E-state index contributed by atoms with van der Waals surface area (Å²) in [6.07, 6.45) is 0. The largest absolute Gasteiger partial charge is 0.382 e. The smallest absolute Gasteiger partial charge is 0.275 e. The highest BCUT2D eigenvalue weighted by atomic mass is 32.2. The molecule has 0 spiro atoms. The first kappa shape index (κ1) is 14.5. The average Bonchev–Trinajstić information content (AvgIpc) is 2.41. The molecule has 0 saturated heterocycles. The Morgan fingerprint density at radius 2 is 2.22 bits per heavy atom. The molecule has 0 bridgehead atoms. The van der Waals surface area contributed by atoms with Crippen molar-refractivity contribution in [1.82, 2.24) is 5.48 Å². The summed E-state index contributed by atoms with van der Waals surface area (Å²) in [5, 5.41) is 8.55. The van der Waals surface area contributed by atoms with E-state index in [1.807, 2.05) is 12.1 Å². The van der Waals surface area contributed by atoms with Crippen LogP contribution in [0.4, 0.5) is 0 Å². The van der Waals surface area contributed by atoms with Crippen molar-refractivity contribution in [2.45, 2.75) is 4.90 Å². The molecule has 0 aliphatic rings. The molecule has 0 unspecified atom stereocenters. The molecule has 0 fully saturated rings. The van der Waals surface area contributed by atoms with Crippen molar-refractivity contribution >= 4 is 17.7 Å². The lowest BCUT2D eigenvalue weighted by Gasteiger charge is -2.08. The summed E-state index contributed by atoms with van der Waals surface area (Å²) in [6.45, 7) is 0.695. The SMILES string of the molecule is COCCONC(=O)c1ccccc1SCC#N. The molecule has 18 heavy (non-hydrogen) atoms.